The Morgan fingerprint density at radius 1 is 0.939 bits per heavy atom. The number of hydrogen-bond acceptors (Lipinski definition) is 4. The molecule has 2 fully saturated rings. The molecule has 2 aliphatic heterocycles. The highest BCUT2D eigenvalue weighted by Gasteiger charge is 2.22. The maximum atomic E-state index is 13.1. The minimum absolute atomic E-state index is 0.0608. The van der Waals surface area contributed by atoms with Crippen molar-refractivity contribution in [3.63, 3.8) is 0 Å². The van der Waals surface area contributed by atoms with Gasteiger partial charge in [-0.05, 0) is 68.5 Å². The molecule has 1 unspecified atom stereocenters. The lowest BCUT2D eigenvalue weighted by Crippen LogP contribution is -2.35. The largest absolute Gasteiger partial charge is 0.376 e. The molecular formula is C24H28Cl2N4O3. The summed E-state index contributed by atoms with van der Waals surface area (Å²) in [6, 6.07) is 9.86. The summed E-state index contributed by atoms with van der Waals surface area (Å²) in [6.07, 6.45) is 5.44. The molecule has 9 heteroatoms. The van der Waals surface area contributed by atoms with E-state index in [-0.39, 0.29) is 12.0 Å². The standard InChI is InChI=1S/C24H28Cl2N4O3/c25-20-8-6-17(14-21(20)26)29-24(32)28-16-7-9-22(30-10-2-1-3-11-30)19(13-16)23(31)27-15-18-5-4-12-33-18/h6-9,13-14,18H,1-5,10-12,15H2,(H,27,31)(H2,28,29,32). The van der Waals surface area contributed by atoms with Crippen LogP contribution in [0.25, 0.3) is 0 Å². The van der Waals surface area contributed by atoms with Crippen molar-refractivity contribution >= 4 is 52.2 Å². The highest BCUT2D eigenvalue weighted by Crippen LogP contribution is 2.28. The number of carbonyl (C=O) groups excluding carboxylic acids is 2. The highest BCUT2D eigenvalue weighted by atomic mass is 35.5. The Hall–Kier alpha value is -2.48. The predicted octanol–water partition coefficient (Wildman–Crippen LogP) is 5.54. The summed E-state index contributed by atoms with van der Waals surface area (Å²) >= 11 is 11.9. The van der Waals surface area contributed by atoms with Gasteiger partial charge in [-0.2, -0.15) is 0 Å². The van der Waals surface area contributed by atoms with E-state index in [9.17, 15) is 9.59 Å². The average Bonchev–Trinajstić information content (AvgIpc) is 3.34. The van der Waals surface area contributed by atoms with Gasteiger partial charge < -0.3 is 25.6 Å². The first-order chi connectivity index (χ1) is 16.0. The number of anilines is 3. The van der Waals surface area contributed by atoms with Crippen molar-refractivity contribution in [2.45, 2.75) is 38.2 Å². The molecular weight excluding hydrogens is 463 g/mol. The summed E-state index contributed by atoms with van der Waals surface area (Å²) in [5.74, 6) is -0.167. The maximum absolute atomic E-state index is 13.1. The molecule has 2 aliphatic rings. The fourth-order valence-corrected chi connectivity index (χ4v) is 4.48. The molecule has 1 atom stereocenters. The second-order valence-electron chi connectivity index (χ2n) is 8.33. The number of urea groups is 1. The zero-order chi connectivity index (χ0) is 23.2. The van der Waals surface area contributed by atoms with Crippen molar-refractivity contribution in [3.8, 4) is 0 Å². The van der Waals surface area contributed by atoms with Gasteiger partial charge >= 0.3 is 6.03 Å². The normalized spacial score (nSPS) is 18.1. The monoisotopic (exact) mass is 490 g/mol. The van der Waals surface area contributed by atoms with Crippen molar-refractivity contribution in [2.24, 2.45) is 0 Å². The van der Waals surface area contributed by atoms with E-state index in [0.29, 0.717) is 33.5 Å². The molecule has 2 aromatic carbocycles. The van der Waals surface area contributed by atoms with E-state index in [2.05, 4.69) is 20.9 Å². The summed E-state index contributed by atoms with van der Waals surface area (Å²) in [5.41, 5.74) is 2.47. The van der Waals surface area contributed by atoms with E-state index in [0.717, 1.165) is 51.1 Å². The number of rotatable bonds is 6. The Kier molecular flexibility index (Phi) is 7.96. The Balaban J connectivity index is 1.48. The van der Waals surface area contributed by atoms with Crippen LogP contribution in [0.1, 0.15) is 42.5 Å². The second kappa shape index (κ2) is 11.1. The topological polar surface area (TPSA) is 82.7 Å². The number of piperidine rings is 1. The van der Waals surface area contributed by atoms with Crippen LogP contribution in [-0.4, -0.2) is 44.3 Å². The minimum atomic E-state index is -0.440. The van der Waals surface area contributed by atoms with Gasteiger partial charge in [0.05, 0.1) is 21.7 Å². The molecule has 3 amide bonds. The summed E-state index contributed by atoms with van der Waals surface area (Å²) in [7, 11) is 0. The third kappa shape index (κ3) is 6.31. The van der Waals surface area contributed by atoms with Gasteiger partial charge in [0.1, 0.15) is 0 Å². The second-order valence-corrected chi connectivity index (χ2v) is 9.15. The van der Waals surface area contributed by atoms with Gasteiger partial charge in [0.25, 0.3) is 5.91 Å². The van der Waals surface area contributed by atoms with Crippen LogP contribution in [0.15, 0.2) is 36.4 Å². The number of benzene rings is 2. The quantitative estimate of drug-likeness (QED) is 0.496. The number of carbonyl (C=O) groups is 2. The Morgan fingerprint density at radius 3 is 2.36 bits per heavy atom. The first-order valence-corrected chi connectivity index (χ1v) is 12.1. The average molecular weight is 491 g/mol. The van der Waals surface area contributed by atoms with E-state index in [1.807, 2.05) is 12.1 Å². The zero-order valence-corrected chi connectivity index (χ0v) is 19.8. The molecule has 3 N–H and O–H groups in total. The Bertz CT molecular complexity index is 1010. The SMILES string of the molecule is O=C(Nc1ccc(Cl)c(Cl)c1)Nc1ccc(N2CCCCC2)c(C(=O)NCC2CCCO2)c1. The van der Waals surface area contributed by atoms with Crippen LogP contribution in [0, 0.1) is 0 Å². The number of nitrogens with zero attached hydrogens (tertiary/aromatic N) is 1. The number of nitrogens with one attached hydrogen (secondary N) is 3. The van der Waals surface area contributed by atoms with Gasteiger partial charge in [-0.1, -0.05) is 23.2 Å². The molecule has 7 nitrogen and oxygen atoms in total. The van der Waals surface area contributed by atoms with Crippen LogP contribution in [0.2, 0.25) is 10.0 Å². The summed E-state index contributed by atoms with van der Waals surface area (Å²) < 4.78 is 5.63. The molecule has 0 aliphatic carbocycles. The molecule has 0 spiro atoms. The molecule has 0 bridgehead atoms. The van der Waals surface area contributed by atoms with Gasteiger partial charge in [-0.3, -0.25) is 4.79 Å². The van der Waals surface area contributed by atoms with Crippen LogP contribution in [-0.2, 0) is 4.74 Å². The first-order valence-electron chi connectivity index (χ1n) is 11.3. The number of halogens is 2. The molecule has 2 aromatic rings. The van der Waals surface area contributed by atoms with Crippen molar-refractivity contribution in [2.75, 3.05) is 41.8 Å². The fraction of sp³-hybridized carbons (Fsp3) is 0.417. The third-order valence-electron chi connectivity index (χ3n) is 5.89. The fourth-order valence-electron chi connectivity index (χ4n) is 4.18. The molecule has 0 aromatic heterocycles. The van der Waals surface area contributed by atoms with Crippen LogP contribution in [0.3, 0.4) is 0 Å². The van der Waals surface area contributed by atoms with Crippen molar-refractivity contribution in [3.05, 3.63) is 52.0 Å². The zero-order valence-electron chi connectivity index (χ0n) is 18.3. The molecule has 176 valence electrons. The summed E-state index contributed by atoms with van der Waals surface area (Å²) in [4.78, 5) is 27.9. The van der Waals surface area contributed by atoms with Crippen LogP contribution in [0.4, 0.5) is 21.9 Å². The van der Waals surface area contributed by atoms with Crippen LogP contribution >= 0.6 is 23.2 Å². The van der Waals surface area contributed by atoms with Gasteiger partial charge in [-0.15, -0.1) is 0 Å². The van der Waals surface area contributed by atoms with Gasteiger partial charge in [0, 0.05) is 43.3 Å². The molecule has 0 saturated carbocycles. The predicted molar refractivity (Wildman–Crippen MR) is 133 cm³/mol. The van der Waals surface area contributed by atoms with E-state index >= 15 is 0 Å². The Labute approximate surface area is 203 Å². The molecule has 4 rings (SSSR count). The lowest BCUT2D eigenvalue weighted by atomic mass is 10.1. The Morgan fingerprint density at radius 2 is 1.67 bits per heavy atom. The highest BCUT2D eigenvalue weighted by molar-refractivity contribution is 6.42. The molecule has 0 radical (unpaired) electrons. The van der Waals surface area contributed by atoms with E-state index in [4.69, 9.17) is 27.9 Å². The summed E-state index contributed by atoms with van der Waals surface area (Å²) in [5, 5.41) is 9.29. The summed E-state index contributed by atoms with van der Waals surface area (Å²) in [6.45, 7) is 3.05. The maximum Gasteiger partial charge on any atom is 0.323 e. The number of hydrogen-bond donors (Lipinski definition) is 3. The van der Waals surface area contributed by atoms with Gasteiger partial charge in [0.2, 0.25) is 0 Å². The lowest BCUT2D eigenvalue weighted by molar-refractivity contribution is 0.0858. The molecule has 2 heterocycles. The minimum Gasteiger partial charge on any atom is -0.376 e. The van der Waals surface area contributed by atoms with E-state index in [1.54, 1.807) is 24.3 Å². The molecule has 33 heavy (non-hydrogen) atoms. The lowest BCUT2D eigenvalue weighted by Gasteiger charge is -2.30. The first kappa shape index (κ1) is 23.7. The van der Waals surface area contributed by atoms with Crippen molar-refractivity contribution < 1.29 is 14.3 Å². The van der Waals surface area contributed by atoms with Crippen molar-refractivity contribution in [1.82, 2.24) is 5.32 Å². The number of amides is 3. The van der Waals surface area contributed by atoms with E-state index < -0.39 is 6.03 Å². The van der Waals surface area contributed by atoms with Crippen LogP contribution < -0.4 is 20.9 Å². The smallest absolute Gasteiger partial charge is 0.323 e. The van der Waals surface area contributed by atoms with Gasteiger partial charge in [-0.25, -0.2) is 4.79 Å². The molecule has 2 saturated heterocycles. The van der Waals surface area contributed by atoms with Crippen LogP contribution in [0.5, 0.6) is 0 Å². The van der Waals surface area contributed by atoms with Gasteiger partial charge in [0.15, 0.2) is 0 Å². The van der Waals surface area contributed by atoms with E-state index in [1.165, 1.54) is 6.42 Å². The van der Waals surface area contributed by atoms with Crippen molar-refractivity contribution in [1.29, 1.82) is 0 Å². The number of ether oxygens (including phenoxy) is 1. The third-order valence-corrected chi connectivity index (χ3v) is 6.63.